The van der Waals surface area contributed by atoms with E-state index in [1.165, 1.54) is 19.3 Å². The fourth-order valence-corrected chi connectivity index (χ4v) is 3.31. The summed E-state index contributed by atoms with van der Waals surface area (Å²) in [5.41, 5.74) is 5.04. The smallest absolute Gasteiger partial charge is 0.130 e. The lowest BCUT2D eigenvalue weighted by Gasteiger charge is -2.24. The predicted molar refractivity (Wildman–Crippen MR) is 120 cm³/mol. The molecule has 0 unspecified atom stereocenters. The Morgan fingerprint density at radius 1 is 1.03 bits per heavy atom. The van der Waals surface area contributed by atoms with Crippen molar-refractivity contribution >= 4 is 17.7 Å². The molecule has 0 radical (unpaired) electrons. The van der Waals surface area contributed by atoms with Crippen LogP contribution in [0.1, 0.15) is 49.8 Å². The third kappa shape index (κ3) is 5.83. The first kappa shape index (κ1) is 20.9. The average Bonchev–Trinajstić information content (AvgIpc) is 2.74. The van der Waals surface area contributed by atoms with Crippen LogP contribution in [0.5, 0.6) is 11.5 Å². The monoisotopic (exact) mass is 393 g/mol. The average molecular weight is 394 g/mol. The van der Waals surface area contributed by atoms with Crippen molar-refractivity contribution < 1.29 is 9.57 Å². The minimum Gasteiger partial charge on any atom is -0.457 e. The van der Waals surface area contributed by atoms with Crippen molar-refractivity contribution in [3.05, 3.63) is 53.1 Å². The van der Waals surface area contributed by atoms with Gasteiger partial charge < -0.3 is 14.5 Å². The van der Waals surface area contributed by atoms with Crippen molar-refractivity contribution in [1.29, 1.82) is 0 Å². The zero-order valence-electron chi connectivity index (χ0n) is 17.9. The second-order valence-electron chi connectivity index (χ2n) is 7.47. The number of piperidine rings is 1. The lowest BCUT2D eigenvalue weighted by Crippen LogP contribution is -2.28. The van der Waals surface area contributed by atoms with Gasteiger partial charge in [0.2, 0.25) is 0 Å². The molecule has 1 aliphatic heterocycles. The van der Waals surface area contributed by atoms with Crippen molar-refractivity contribution in [2.75, 3.05) is 19.7 Å². The van der Waals surface area contributed by atoms with Gasteiger partial charge in [0.15, 0.2) is 0 Å². The number of hydrogen-bond acceptors (Lipinski definition) is 4. The molecule has 1 fully saturated rings. The van der Waals surface area contributed by atoms with Crippen LogP contribution in [0.4, 0.5) is 5.69 Å². The van der Waals surface area contributed by atoms with Gasteiger partial charge in [-0.3, -0.25) is 0 Å². The molecule has 1 aliphatic rings. The van der Waals surface area contributed by atoms with Gasteiger partial charge in [-0.1, -0.05) is 5.16 Å². The maximum absolute atomic E-state index is 6.12. The summed E-state index contributed by atoms with van der Waals surface area (Å²) in [5, 5.41) is 4.07. The Balaban J connectivity index is 1.69. The van der Waals surface area contributed by atoms with Crippen molar-refractivity contribution in [2.45, 2.75) is 47.0 Å². The molecular weight excluding hydrogens is 362 g/mol. The molecule has 2 aromatic rings. The number of rotatable bonds is 7. The quantitative estimate of drug-likeness (QED) is 0.329. The zero-order chi connectivity index (χ0) is 20.6. The normalized spacial score (nSPS) is 15.0. The summed E-state index contributed by atoms with van der Waals surface area (Å²) in [7, 11) is 0. The molecule has 0 N–H and O–H groups in total. The fraction of sp³-hybridized carbons (Fsp3) is 0.417. The molecule has 0 spiro atoms. The summed E-state index contributed by atoms with van der Waals surface area (Å²) in [6.45, 7) is 10.8. The number of likely N-dealkylation sites (tertiary alicyclic amines) is 1. The molecule has 0 amide bonds. The van der Waals surface area contributed by atoms with Gasteiger partial charge in [-0.25, -0.2) is 4.99 Å². The summed E-state index contributed by atoms with van der Waals surface area (Å²) < 4.78 is 6.12. The highest BCUT2D eigenvalue weighted by Crippen LogP contribution is 2.31. The number of oxime groups is 1. The lowest BCUT2D eigenvalue weighted by atomic mass is 10.1. The highest BCUT2D eigenvalue weighted by Gasteiger charge is 2.09. The minimum atomic E-state index is 0.565. The van der Waals surface area contributed by atoms with Crippen LogP contribution in [0.25, 0.3) is 0 Å². The molecule has 1 saturated heterocycles. The van der Waals surface area contributed by atoms with Crippen molar-refractivity contribution in [3.63, 3.8) is 0 Å². The molecule has 2 aromatic carbocycles. The molecule has 154 valence electrons. The van der Waals surface area contributed by atoms with Crippen molar-refractivity contribution in [2.24, 2.45) is 10.1 Å². The van der Waals surface area contributed by atoms with E-state index in [4.69, 9.17) is 14.6 Å². The van der Waals surface area contributed by atoms with Crippen LogP contribution >= 0.6 is 0 Å². The van der Waals surface area contributed by atoms with E-state index in [1.807, 2.05) is 44.5 Å². The molecule has 0 aliphatic carbocycles. The Hall–Kier alpha value is -2.82. The van der Waals surface area contributed by atoms with Gasteiger partial charge in [0.1, 0.15) is 18.1 Å². The van der Waals surface area contributed by atoms with E-state index < -0.39 is 0 Å². The number of benzene rings is 2. The highest BCUT2D eigenvalue weighted by atomic mass is 16.6. The van der Waals surface area contributed by atoms with Gasteiger partial charge in [-0.05, 0) is 100 Å². The Morgan fingerprint density at radius 2 is 1.76 bits per heavy atom. The number of hydrogen-bond donors (Lipinski definition) is 0. The van der Waals surface area contributed by atoms with Gasteiger partial charge >= 0.3 is 0 Å². The Kier molecular flexibility index (Phi) is 7.28. The first-order valence-corrected chi connectivity index (χ1v) is 10.4. The number of aryl methyl sites for hydroxylation is 2. The van der Waals surface area contributed by atoms with Crippen LogP contribution < -0.4 is 4.74 Å². The van der Waals surface area contributed by atoms with Gasteiger partial charge in [0.05, 0.1) is 17.7 Å². The maximum Gasteiger partial charge on any atom is 0.130 e. The molecule has 29 heavy (non-hydrogen) atoms. The van der Waals surface area contributed by atoms with Gasteiger partial charge in [-0.2, -0.15) is 0 Å². The number of ether oxygens (including phenoxy) is 1. The van der Waals surface area contributed by atoms with Crippen LogP contribution in [0.3, 0.4) is 0 Å². The van der Waals surface area contributed by atoms with Crippen LogP contribution in [0.15, 0.2) is 46.5 Å². The number of aliphatic imine (C=N–C) groups is 1. The number of nitrogens with zero attached hydrogens (tertiary/aromatic N) is 3. The standard InChI is InChI=1S/C24H31N3O2/c1-5-28-26-20(4)21-9-11-22(12-10-21)29-24-16-18(2)23(15-19(24)3)25-17-27-13-7-6-8-14-27/h9-12,15-17H,5-8,13-14H2,1-4H3. The van der Waals surface area contributed by atoms with Gasteiger partial charge in [0, 0.05) is 13.1 Å². The summed E-state index contributed by atoms with van der Waals surface area (Å²) >= 11 is 0. The van der Waals surface area contributed by atoms with Gasteiger partial charge in [-0.15, -0.1) is 0 Å². The molecule has 3 rings (SSSR count). The lowest BCUT2D eigenvalue weighted by molar-refractivity contribution is 0.159. The van der Waals surface area contributed by atoms with Gasteiger partial charge in [0.25, 0.3) is 0 Å². The van der Waals surface area contributed by atoms with Crippen LogP contribution in [0.2, 0.25) is 0 Å². The molecular formula is C24H31N3O2. The first-order chi connectivity index (χ1) is 14.1. The molecule has 0 aromatic heterocycles. The van der Waals surface area contributed by atoms with Crippen LogP contribution in [-0.4, -0.2) is 36.6 Å². The molecule has 1 heterocycles. The largest absolute Gasteiger partial charge is 0.457 e. The summed E-state index contributed by atoms with van der Waals surface area (Å²) in [6, 6.07) is 12.1. The van der Waals surface area contributed by atoms with Crippen molar-refractivity contribution in [3.8, 4) is 11.5 Å². The van der Waals surface area contributed by atoms with E-state index >= 15 is 0 Å². The predicted octanol–water partition coefficient (Wildman–Crippen LogP) is 6.00. The SMILES string of the molecule is CCON=C(C)c1ccc(Oc2cc(C)c(N=CN3CCCCC3)cc2C)cc1. The molecule has 0 bridgehead atoms. The summed E-state index contributed by atoms with van der Waals surface area (Å²) in [5.74, 6) is 1.65. The molecule has 0 atom stereocenters. The van der Waals surface area contributed by atoms with E-state index in [0.717, 1.165) is 52.7 Å². The second kappa shape index (κ2) is 10.1. The van der Waals surface area contributed by atoms with Crippen molar-refractivity contribution in [1.82, 2.24) is 4.90 Å². The second-order valence-corrected chi connectivity index (χ2v) is 7.47. The summed E-state index contributed by atoms with van der Waals surface area (Å²) in [6.07, 6.45) is 5.83. The first-order valence-electron chi connectivity index (χ1n) is 10.4. The van der Waals surface area contributed by atoms with Crippen LogP contribution in [0, 0.1) is 13.8 Å². The zero-order valence-corrected chi connectivity index (χ0v) is 17.9. The van der Waals surface area contributed by atoms with E-state index in [9.17, 15) is 0 Å². The van der Waals surface area contributed by atoms with Crippen LogP contribution in [-0.2, 0) is 4.84 Å². The maximum atomic E-state index is 6.12. The Bertz CT molecular complexity index is 866. The fourth-order valence-electron chi connectivity index (χ4n) is 3.31. The highest BCUT2D eigenvalue weighted by molar-refractivity contribution is 5.98. The van der Waals surface area contributed by atoms with E-state index in [1.54, 1.807) is 0 Å². The molecule has 5 heteroatoms. The Morgan fingerprint density at radius 3 is 2.45 bits per heavy atom. The third-order valence-corrected chi connectivity index (χ3v) is 5.07. The minimum absolute atomic E-state index is 0.565. The topological polar surface area (TPSA) is 46.4 Å². The third-order valence-electron chi connectivity index (χ3n) is 5.07. The molecule has 5 nitrogen and oxygen atoms in total. The Labute approximate surface area is 174 Å². The van der Waals surface area contributed by atoms with E-state index in [0.29, 0.717) is 6.61 Å². The van der Waals surface area contributed by atoms with E-state index in [2.05, 4.69) is 36.0 Å². The van der Waals surface area contributed by atoms with E-state index in [-0.39, 0.29) is 0 Å². The summed E-state index contributed by atoms with van der Waals surface area (Å²) in [4.78, 5) is 12.1. The molecule has 0 saturated carbocycles.